The molecular weight excluding hydrogens is 272 g/mol. The molecule has 3 nitrogen and oxygen atoms in total. The zero-order valence-corrected chi connectivity index (χ0v) is 12.3. The van der Waals surface area contributed by atoms with Gasteiger partial charge < -0.3 is 5.11 Å². The molecule has 1 heterocycles. The van der Waals surface area contributed by atoms with Crippen molar-refractivity contribution >= 4 is 11.6 Å². The van der Waals surface area contributed by atoms with Crippen LogP contribution in [-0.4, -0.2) is 14.9 Å². The highest BCUT2D eigenvalue weighted by Gasteiger charge is 2.32. The molecular formula is C16H19ClN2O. The first-order valence-corrected chi connectivity index (χ1v) is 7.57. The predicted molar refractivity (Wildman–Crippen MR) is 80.0 cm³/mol. The first kappa shape index (κ1) is 13.7. The fourth-order valence-electron chi connectivity index (χ4n) is 3.16. The van der Waals surface area contributed by atoms with Crippen molar-refractivity contribution < 1.29 is 5.11 Å². The molecule has 0 saturated heterocycles. The first-order chi connectivity index (χ1) is 9.72. The minimum atomic E-state index is -0.583. The van der Waals surface area contributed by atoms with E-state index in [9.17, 15) is 5.11 Å². The number of aromatic nitrogens is 2. The highest BCUT2D eigenvalue weighted by Crippen LogP contribution is 2.43. The second-order valence-electron chi connectivity index (χ2n) is 5.39. The number of fused-ring (bicyclic) bond motifs is 1. The SMILES string of the molecule is CCCn1ncc(Cl)c1C(O)C1CCc2ccccc21. The van der Waals surface area contributed by atoms with Crippen LogP contribution in [0.3, 0.4) is 0 Å². The van der Waals surface area contributed by atoms with Gasteiger partial charge in [0.1, 0.15) is 6.10 Å². The van der Waals surface area contributed by atoms with Crippen LogP contribution in [0.2, 0.25) is 5.02 Å². The maximum Gasteiger partial charge on any atom is 0.104 e. The standard InChI is InChI=1S/C16H19ClN2O/c1-2-9-19-15(14(17)10-18-19)16(20)13-8-7-11-5-3-4-6-12(11)13/h3-6,10,13,16,20H,2,7-9H2,1H3. The van der Waals surface area contributed by atoms with Gasteiger partial charge in [0.25, 0.3) is 0 Å². The van der Waals surface area contributed by atoms with E-state index >= 15 is 0 Å². The molecule has 1 aromatic heterocycles. The van der Waals surface area contributed by atoms with E-state index in [1.807, 2.05) is 10.7 Å². The van der Waals surface area contributed by atoms with Crippen LogP contribution in [0.15, 0.2) is 30.5 Å². The highest BCUT2D eigenvalue weighted by molar-refractivity contribution is 6.31. The summed E-state index contributed by atoms with van der Waals surface area (Å²) in [5.41, 5.74) is 3.35. The largest absolute Gasteiger partial charge is 0.386 e. The van der Waals surface area contributed by atoms with Crippen LogP contribution in [0.1, 0.15) is 48.6 Å². The van der Waals surface area contributed by atoms with Crippen LogP contribution in [-0.2, 0) is 13.0 Å². The molecule has 0 radical (unpaired) electrons. The predicted octanol–water partition coefficient (Wildman–Crippen LogP) is 3.71. The second kappa shape index (κ2) is 5.58. The lowest BCUT2D eigenvalue weighted by Gasteiger charge is -2.21. The fraction of sp³-hybridized carbons (Fsp3) is 0.438. The van der Waals surface area contributed by atoms with Gasteiger partial charge in [-0.15, -0.1) is 0 Å². The van der Waals surface area contributed by atoms with Gasteiger partial charge in [-0.1, -0.05) is 42.8 Å². The highest BCUT2D eigenvalue weighted by atomic mass is 35.5. The van der Waals surface area contributed by atoms with Crippen molar-refractivity contribution in [2.24, 2.45) is 0 Å². The number of aliphatic hydroxyl groups excluding tert-OH is 1. The zero-order chi connectivity index (χ0) is 14.1. The lowest BCUT2D eigenvalue weighted by atomic mass is 9.93. The van der Waals surface area contributed by atoms with Gasteiger partial charge in [0.2, 0.25) is 0 Å². The monoisotopic (exact) mass is 290 g/mol. The van der Waals surface area contributed by atoms with Gasteiger partial charge in [-0.25, -0.2) is 0 Å². The van der Waals surface area contributed by atoms with Crippen molar-refractivity contribution in [2.45, 2.75) is 44.8 Å². The number of hydrogen-bond donors (Lipinski definition) is 1. The molecule has 20 heavy (non-hydrogen) atoms. The molecule has 0 amide bonds. The maximum absolute atomic E-state index is 10.8. The third-order valence-electron chi connectivity index (χ3n) is 4.11. The van der Waals surface area contributed by atoms with Gasteiger partial charge in [-0.3, -0.25) is 4.68 Å². The van der Waals surface area contributed by atoms with Crippen molar-refractivity contribution in [1.29, 1.82) is 0 Å². The molecule has 0 spiro atoms. The molecule has 1 aromatic carbocycles. The molecule has 106 valence electrons. The van der Waals surface area contributed by atoms with Crippen LogP contribution in [0.25, 0.3) is 0 Å². The molecule has 4 heteroatoms. The minimum absolute atomic E-state index is 0.121. The number of nitrogens with zero attached hydrogens (tertiary/aromatic N) is 2. The third kappa shape index (κ3) is 2.25. The van der Waals surface area contributed by atoms with Gasteiger partial charge in [-0.05, 0) is 30.4 Å². The van der Waals surface area contributed by atoms with Crippen molar-refractivity contribution in [1.82, 2.24) is 9.78 Å². The van der Waals surface area contributed by atoms with Crippen LogP contribution < -0.4 is 0 Å². The summed E-state index contributed by atoms with van der Waals surface area (Å²) in [6.07, 6.45) is 4.02. The van der Waals surface area contributed by atoms with E-state index < -0.39 is 6.10 Å². The van der Waals surface area contributed by atoms with Crippen LogP contribution in [0.5, 0.6) is 0 Å². The fourth-order valence-corrected chi connectivity index (χ4v) is 3.42. The van der Waals surface area contributed by atoms with E-state index in [1.54, 1.807) is 6.20 Å². The smallest absolute Gasteiger partial charge is 0.104 e. The Morgan fingerprint density at radius 1 is 1.45 bits per heavy atom. The zero-order valence-electron chi connectivity index (χ0n) is 11.6. The quantitative estimate of drug-likeness (QED) is 0.932. The molecule has 1 aliphatic rings. The van der Waals surface area contributed by atoms with Gasteiger partial charge in [0, 0.05) is 12.5 Å². The number of benzene rings is 1. The van der Waals surface area contributed by atoms with E-state index in [4.69, 9.17) is 11.6 Å². The Hall–Kier alpha value is -1.32. The minimum Gasteiger partial charge on any atom is -0.386 e. The number of aliphatic hydroxyl groups is 1. The molecule has 3 rings (SSSR count). The molecule has 0 bridgehead atoms. The topological polar surface area (TPSA) is 38.0 Å². The Morgan fingerprint density at radius 3 is 3.05 bits per heavy atom. The van der Waals surface area contributed by atoms with Crippen molar-refractivity contribution in [3.8, 4) is 0 Å². The summed E-state index contributed by atoms with van der Waals surface area (Å²) in [6, 6.07) is 8.36. The summed E-state index contributed by atoms with van der Waals surface area (Å²) >= 11 is 6.24. The average molecular weight is 291 g/mol. The van der Waals surface area contributed by atoms with E-state index in [0.717, 1.165) is 31.5 Å². The Morgan fingerprint density at radius 2 is 2.25 bits per heavy atom. The van der Waals surface area contributed by atoms with Gasteiger partial charge in [0.05, 0.1) is 16.9 Å². The van der Waals surface area contributed by atoms with Crippen molar-refractivity contribution in [3.63, 3.8) is 0 Å². The Bertz CT molecular complexity index is 608. The summed E-state index contributed by atoms with van der Waals surface area (Å²) < 4.78 is 1.84. The second-order valence-corrected chi connectivity index (χ2v) is 5.80. The Labute approximate surface area is 124 Å². The molecule has 0 aliphatic heterocycles. The molecule has 1 N–H and O–H groups in total. The number of aryl methyl sites for hydroxylation is 2. The van der Waals surface area contributed by atoms with E-state index in [1.165, 1.54) is 11.1 Å². The first-order valence-electron chi connectivity index (χ1n) is 7.19. The van der Waals surface area contributed by atoms with Crippen LogP contribution in [0, 0.1) is 0 Å². The van der Waals surface area contributed by atoms with E-state index in [-0.39, 0.29) is 5.92 Å². The molecule has 2 atom stereocenters. The van der Waals surface area contributed by atoms with Crippen molar-refractivity contribution in [3.05, 3.63) is 52.3 Å². The van der Waals surface area contributed by atoms with Gasteiger partial charge >= 0.3 is 0 Å². The molecule has 0 fully saturated rings. The number of rotatable bonds is 4. The summed E-state index contributed by atoms with van der Waals surface area (Å²) in [5.74, 6) is 0.121. The molecule has 1 aliphatic carbocycles. The maximum atomic E-state index is 10.8. The Kier molecular flexibility index (Phi) is 3.81. The number of hydrogen-bond acceptors (Lipinski definition) is 2. The number of halogens is 1. The van der Waals surface area contributed by atoms with Crippen molar-refractivity contribution in [2.75, 3.05) is 0 Å². The molecule has 2 unspecified atom stereocenters. The van der Waals surface area contributed by atoms with E-state index in [2.05, 4.69) is 30.2 Å². The summed E-state index contributed by atoms with van der Waals surface area (Å²) in [7, 11) is 0. The molecule has 2 aromatic rings. The van der Waals surface area contributed by atoms with Gasteiger partial charge in [-0.2, -0.15) is 5.10 Å². The third-order valence-corrected chi connectivity index (χ3v) is 4.40. The van der Waals surface area contributed by atoms with Crippen LogP contribution in [0.4, 0.5) is 0 Å². The normalized spacial score (nSPS) is 19.1. The summed E-state index contributed by atoms with van der Waals surface area (Å²) in [6.45, 7) is 2.88. The summed E-state index contributed by atoms with van der Waals surface area (Å²) in [5, 5.41) is 15.6. The van der Waals surface area contributed by atoms with Crippen LogP contribution >= 0.6 is 11.6 Å². The summed E-state index contributed by atoms with van der Waals surface area (Å²) in [4.78, 5) is 0. The van der Waals surface area contributed by atoms with Gasteiger partial charge in [0.15, 0.2) is 0 Å². The molecule has 0 saturated carbocycles. The average Bonchev–Trinajstić information content (AvgIpc) is 3.03. The van der Waals surface area contributed by atoms with E-state index in [0.29, 0.717) is 5.02 Å². The Balaban J connectivity index is 1.94. The lowest BCUT2D eigenvalue weighted by molar-refractivity contribution is 0.134. The lowest BCUT2D eigenvalue weighted by Crippen LogP contribution is -2.15.